The topological polar surface area (TPSA) is 110 Å². The lowest BCUT2D eigenvalue weighted by molar-refractivity contribution is 0.103. The van der Waals surface area contributed by atoms with Crippen molar-refractivity contribution in [2.75, 3.05) is 11.1 Å². The van der Waals surface area contributed by atoms with Gasteiger partial charge in [-0.2, -0.15) is 0 Å². The number of fused-ring (bicyclic) bond motifs is 1. The molecule has 0 aliphatic heterocycles. The molecular formula is C21H16F2N6O. The maximum atomic E-state index is 14.3. The number of hydrogen-bond acceptors (Lipinski definition) is 6. The molecule has 0 unspecified atom stereocenters. The van der Waals surface area contributed by atoms with E-state index in [-0.39, 0.29) is 11.3 Å². The molecule has 0 bridgehead atoms. The molecular weight excluding hydrogens is 390 g/mol. The second-order valence-electron chi connectivity index (χ2n) is 7.19. The molecule has 0 radical (unpaired) electrons. The number of anilines is 2. The zero-order chi connectivity index (χ0) is 20.8. The van der Waals surface area contributed by atoms with E-state index in [1.54, 1.807) is 24.7 Å². The Balaban J connectivity index is 1.53. The number of aromatic amines is 1. The fourth-order valence-corrected chi connectivity index (χ4v) is 3.22. The second kappa shape index (κ2) is 6.87. The van der Waals surface area contributed by atoms with Crippen LogP contribution >= 0.6 is 0 Å². The first-order chi connectivity index (χ1) is 14.5. The number of rotatable bonds is 5. The predicted molar refractivity (Wildman–Crippen MR) is 108 cm³/mol. The van der Waals surface area contributed by atoms with E-state index in [0.29, 0.717) is 34.2 Å². The molecule has 1 aliphatic rings. The summed E-state index contributed by atoms with van der Waals surface area (Å²) < 4.78 is 28.5. The Labute approximate surface area is 169 Å². The molecule has 9 heteroatoms. The Morgan fingerprint density at radius 1 is 1.10 bits per heavy atom. The third kappa shape index (κ3) is 3.14. The van der Waals surface area contributed by atoms with Gasteiger partial charge in [0.05, 0.1) is 11.3 Å². The molecule has 3 aromatic heterocycles. The predicted octanol–water partition coefficient (Wildman–Crippen LogP) is 3.69. The van der Waals surface area contributed by atoms with Gasteiger partial charge in [0.1, 0.15) is 11.5 Å². The van der Waals surface area contributed by atoms with Crippen molar-refractivity contribution >= 4 is 28.5 Å². The van der Waals surface area contributed by atoms with Gasteiger partial charge in [-0.15, -0.1) is 0 Å². The quantitative estimate of drug-likeness (QED) is 0.345. The van der Waals surface area contributed by atoms with E-state index in [1.165, 1.54) is 6.20 Å². The first-order valence-electron chi connectivity index (χ1n) is 9.35. The van der Waals surface area contributed by atoms with Crippen LogP contribution in [0.15, 0.2) is 43.0 Å². The van der Waals surface area contributed by atoms with Gasteiger partial charge in [-0.25, -0.2) is 23.7 Å². The minimum atomic E-state index is -1.08. The summed E-state index contributed by atoms with van der Waals surface area (Å²) in [5.74, 6) is -2.31. The number of nitrogens with zero attached hydrogens (tertiary/aromatic N) is 3. The average Bonchev–Trinajstić information content (AvgIpc) is 3.46. The van der Waals surface area contributed by atoms with Crippen molar-refractivity contribution < 1.29 is 13.6 Å². The first-order valence-corrected chi connectivity index (χ1v) is 9.35. The van der Waals surface area contributed by atoms with Crippen LogP contribution in [0.2, 0.25) is 0 Å². The number of nitrogens with two attached hydrogens (primary N) is 1. The number of hydrogen-bond donors (Lipinski definition) is 3. The highest BCUT2D eigenvalue weighted by Crippen LogP contribution is 2.29. The molecule has 1 saturated carbocycles. The smallest absolute Gasteiger partial charge is 0.222 e. The fourth-order valence-electron chi connectivity index (χ4n) is 3.22. The highest BCUT2D eigenvalue weighted by Gasteiger charge is 2.24. The third-order valence-electron chi connectivity index (χ3n) is 5.02. The largest absolute Gasteiger partial charge is 0.396 e. The van der Waals surface area contributed by atoms with Crippen molar-refractivity contribution in [3.05, 3.63) is 65.7 Å². The molecule has 3 heterocycles. The Bertz CT molecular complexity index is 1280. The lowest BCUT2D eigenvalue weighted by Gasteiger charge is -2.07. The number of ketones is 1. The van der Waals surface area contributed by atoms with Gasteiger partial charge in [0.2, 0.25) is 11.7 Å². The van der Waals surface area contributed by atoms with E-state index in [9.17, 15) is 13.6 Å². The number of carbonyl (C=O) groups excluding carboxylic acids is 1. The Hall–Kier alpha value is -3.88. The normalized spacial score (nSPS) is 13.5. The Kier molecular flexibility index (Phi) is 4.16. The summed E-state index contributed by atoms with van der Waals surface area (Å²) in [4.78, 5) is 28.7. The molecule has 7 nitrogen and oxygen atoms in total. The van der Waals surface area contributed by atoms with Gasteiger partial charge in [0.15, 0.2) is 5.82 Å². The third-order valence-corrected chi connectivity index (χ3v) is 5.02. The molecule has 4 aromatic rings. The van der Waals surface area contributed by atoms with E-state index in [4.69, 9.17) is 5.73 Å². The number of nitrogen functional groups attached to an aromatic ring is 1. The van der Waals surface area contributed by atoms with Crippen LogP contribution in [0.4, 0.5) is 20.4 Å². The molecule has 1 aromatic carbocycles. The lowest BCUT2D eigenvalue weighted by atomic mass is 10.0. The molecule has 30 heavy (non-hydrogen) atoms. The SMILES string of the molecule is Nc1ccc(F)c(C(=O)c2c[nH]c3ncc(-c4cnc(NC5CC5)nc4)cc23)c1F. The van der Waals surface area contributed by atoms with Crippen LogP contribution in [0, 0.1) is 11.6 Å². The summed E-state index contributed by atoms with van der Waals surface area (Å²) in [7, 11) is 0. The monoisotopic (exact) mass is 406 g/mol. The van der Waals surface area contributed by atoms with Gasteiger partial charge in [0, 0.05) is 52.9 Å². The molecule has 150 valence electrons. The Morgan fingerprint density at radius 2 is 1.83 bits per heavy atom. The van der Waals surface area contributed by atoms with Crippen LogP contribution in [0.3, 0.4) is 0 Å². The number of pyridine rings is 1. The summed E-state index contributed by atoms with van der Waals surface area (Å²) in [5, 5.41) is 3.64. The molecule has 1 fully saturated rings. The van der Waals surface area contributed by atoms with E-state index in [1.807, 2.05) is 0 Å². The molecule has 0 spiro atoms. The van der Waals surface area contributed by atoms with Crippen molar-refractivity contribution in [2.24, 2.45) is 0 Å². The van der Waals surface area contributed by atoms with Gasteiger partial charge in [-0.1, -0.05) is 0 Å². The van der Waals surface area contributed by atoms with Gasteiger partial charge in [0.25, 0.3) is 0 Å². The second-order valence-corrected chi connectivity index (χ2v) is 7.19. The Morgan fingerprint density at radius 3 is 2.57 bits per heavy atom. The van der Waals surface area contributed by atoms with Crippen LogP contribution in [-0.2, 0) is 0 Å². The number of H-pyrrole nitrogens is 1. The number of aromatic nitrogens is 4. The molecule has 1 aliphatic carbocycles. The summed E-state index contributed by atoms with van der Waals surface area (Å²) >= 11 is 0. The number of nitrogens with one attached hydrogen (secondary N) is 2. The van der Waals surface area contributed by atoms with Crippen LogP contribution in [0.1, 0.15) is 28.8 Å². The standard InChI is InChI=1S/C21H16F2N6O/c22-15-3-4-16(24)18(23)17(15)19(30)14-9-26-20-13(14)5-10(6-25-20)11-7-27-21(28-8-11)29-12-1-2-12/h3-9,12H,1-2,24H2,(H,25,26)(H,27,28,29). The van der Waals surface area contributed by atoms with Crippen molar-refractivity contribution in [1.29, 1.82) is 0 Å². The van der Waals surface area contributed by atoms with Crippen LogP contribution in [0.25, 0.3) is 22.2 Å². The van der Waals surface area contributed by atoms with Crippen LogP contribution in [0.5, 0.6) is 0 Å². The van der Waals surface area contributed by atoms with Crippen molar-refractivity contribution in [3.8, 4) is 11.1 Å². The molecule has 0 amide bonds. The zero-order valence-electron chi connectivity index (χ0n) is 15.6. The molecule has 0 saturated heterocycles. The van der Waals surface area contributed by atoms with Crippen LogP contribution < -0.4 is 11.1 Å². The summed E-state index contributed by atoms with van der Waals surface area (Å²) in [6, 6.07) is 4.20. The summed E-state index contributed by atoms with van der Waals surface area (Å²) in [6.07, 6.45) is 8.54. The first kappa shape index (κ1) is 18.2. The maximum absolute atomic E-state index is 14.3. The van der Waals surface area contributed by atoms with Crippen molar-refractivity contribution in [3.63, 3.8) is 0 Å². The zero-order valence-corrected chi connectivity index (χ0v) is 15.6. The minimum Gasteiger partial charge on any atom is -0.396 e. The van der Waals surface area contributed by atoms with E-state index in [0.717, 1.165) is 25.0 Å². The number of halogens is 2. The molecule has 5 rings (SSSR count). The van der Waals surface area contributed by atoms with Crippen LogP contribution in [-0.4, -0.2) is 31.8 Å². The number of carbonyl (C=O) groups is 1. The summed E-state index contributed by atoms with van der Waals surface area (Å²) in [5.41, 5.74) is 6.40. The fraction of sp³-hybridized carbons (Fsp3) is 0.143. The maximum Gasteiger partial charge on any atom is 0.222 e. The highest BCUT2D eigenvalue weighted by molar-refractivity contribution is 6.16. The van der Waals surface area contributed by atoms with Gasteiger partial charge in [-0.05, 0) is 31.0 Å². The van der Waals surface area contributed by atoms with Crippen molar-refractivity contribution in [2.45, 2.75) is 18.9 Å². The van der Waals surface area contributed by atoms with E-state index >= 15 is 0 Å². The molecule has 4 N–H and O–H groups in total. The van der Waals surface area contributed by atoms with Gasteiger partial charge >= 0.3 is 0 Å². The van der Waals surface area contributed by atoms with E-state index < -0.39 is 23.0 Å². The van der Waals surface area contributed by atoms with Gasteiger partial charge < -0.3 is 16.0 Å². The van der Waals surface area contributed by atoms with Gasteiger partial charge in [-0.3, -0.25) is 4.79 Å². The highest BCUT2D eigenvalue weighted by atomic mass is 19.1. The average molecular weight is 406 g/mol. The summed E-state index contributed by atoms with van der Waals surface area (Å²) in [6.45, 7) is 0. The minimum absolute atomic E-state index is 0.0932. The van der Waals surface area contributed by atoms with Crippen molar-refractivity contribution in [1.82, 2.24) is 19.9 Å². The number of benzene rings is 1. The molecule has 0 atom stereocenters. The lowest BCUT2D eigenvalue weighted by Crippen LogP contribution is -2.09. The van der Waals surface area contributed by atoms with E-state index in [2.05, 4.69) is 25.3 Å².